The van der Waals surface area contributed by atoms with E-state index in [-0.39, 0.29) is 15.7 Å². The molecule has 0 bridgehead atoms. The van der Waals surface area contributed by atoms with Crippen LogP contribution in [0.4, 0.5) is 17.3 Å². The van der Waals surface area contributed by atoms with Gasteiger partial charge in [0.1, 0.15) is 10.6 Å². The Kier molecular flexibility index (Phi) is 3.18. The number of hydrogen-bond donors (Lipinski definition) is 0. The first kappa shape index (κ1) is 14.8. The standard InChI is InChI=1S/C18H15NO4S/c1-12-7-8-13(15(11-12)22-2)19-14-5-3-4-6-16(14)24(20,21)17-9-10-23-18(17)19/h3-11H,1-2H3. The zero-order valence-electron chi connectivity index (χ0n) is 13.2. The number of ether oxygens (including phenoxy) is 1. The largest absolute Gasteiger partial charge is 0.495 e. The molecule has 5 nitrogen and oxygen atoms in total. The molecule has 2 aromatic carbocycles. The van der Waals surface area contributed by atoms with Crippen molar-refractivity contribution in [3.8, 4) is 5.75 Å². The van der Waals surface area contributed by atoms with Gasteiger partial charge in [-0.25, -0.2) is 8.42 Å². The maximum absolute atomic E-state index is 12.8. The van der Waals surface area contributed by atoms with Gasteiger partial charge in [0.15, 0.2) is 0 Å². The Morgan fingerprint density at radius 2 is 1.79 bits per heavy atom. The fourth-order valence-electron chi connectivity index (χ4n) is 2.96. The Morgan fingerprint density at radius 1 is 1.00 bits per heavy atom. The molecule has 24 heavy (non-hydrogen) atoms. The predicted molar refractivity (Wildman–Crippen MR) is 90.1 cm³/mol. The summed E-state index contributed by atoms with van der Waals surface area (Å²) in [5, 5.41) is 0. The van der Waals surface area contributed by atoms with Crippen LogP contribution in [-0.4, -0.2) is 15.5 Å². The minimum Gasteiger partial charge on any atom is -0.495 e. The van der Waals surface area contributed by atoms with E-state index in [4.69, 9.17) is 9.15 Å². The first-order chi connectivity index (χ1) is 11.5. The van der Waals surface area contributed by atoms with E-state index in [1.54, 1.807) is 36.3 Å². The molecule has 0 saturated carbocycles. The number of sulfone groups is 1. The summed E-state index contributed by atoms with van der Waals surface area (Å²) >= 11 is 0. The van der Waals surface area contributed by atoms with Crippen LogP contribution in [0.3, 0.4) is 0 Å². The van der Waals surface area contributed by atoms with Crippen molar-refractivity contribution in [2.45, 2.75) is 16.7 Å². The molecule has 1 aliphatic rings. The topological polar surface area (TPSA) is 59.8 Å². The third-order valence-corrected chi connectivity index (χ3v) is 5.89. The molecule has 0 spiro atoms. The number of methoxy groups -OCH3 is 1. The Bertz CT molecular complexity index is 1040. The Labute approximate surface area is 140 Å². The molecule has 4 rings (SSSR count). The molecule has 2 heterocycles. The molecule has 1 aliphatic heterocycles. The summed E-state index contributed by atoms with van der Waals surface area (Å²) in [6.07, 6.45) is 1.39. The molecule has 0 fully saturated rings. The van der Waals surface area contributed by atoms with E-state index in [0.717, 1.165) is 11.3 Å². The molecular formula is C18H15NO4S. The minimum atomic E-state index is -3.60. The Morgan fingerprint density at radius 3 is 2.58 bits per heavy atom. The highest BCUT2D eigenvalue weighted by Gasteiger charge is 2.38. The normalized spacial score (nSPS) is 14.8. The smallest absolute Gasteiger partial charge is 0.223 e. The summed E-state index contributed by atoms with van der Waals surface area (Å²) in [5.74, 6) is 0.919. The maximum atomic E-state index is 12.8. The van der Waals surface area contributed by atoms with Crippen LogP contribution in [-0.2, 0) is 9.84 Å². The second-order valence-electron chi connectivity index (χ2n) is 5.57. The van der Waals surface area contributed by atoms with Crippen LogP contribution in [0.2, 0.25) is 0 Å². The molecule has 3 aromatic rings. The molecule has 6 heteroatoms. The van der Waals surface area contributed by atoms with E-state index in [1.807, 2.05) is 25.1 Å². The zero-order valence-corrected chi connectivity index (χ0v) is 14.0. The van der Waals surface area contributed by atoms with Gasteiger partial charge in [-0.1, -0.05) is 18.2 Å². The summed E-state index contributed by atoms with van der Waals surface area (Å²) in [7, 11) is -2.01. The first-order valence-corrected chi connectivity index (χ1v) is 8.89. The molecule has 122 valence electrons. The summed E-state index contributed by atoms with van der Waals surface area (Å²) in [6.45, 7) is 1.97. The Balaban J connectivity index is 2.06. The van der Waals surface area contributed by atoms with Crippen LogP contribution < -0.4 is 9.64 Å². The highest BCUT2D eigenvalue weighted by molar-refractivity contribution is 7.92. The third kappa shape index (κ3) is 1.96. The highest BCUT2D eigenvalue weighted by Crippen LogP contribution is 2.50. The van der Waals surface area contributed by atoms with Gasteiger partial charge in [-0.15, -0.1) is 0 Å². The van der Waals surface area contributed by atoms with E-state index in [1.165, 1.54) is 12.3 Å². The van der Waals surface area contributed by atoms with E-state index >= 15 is 0 Å². The van der Waals surface area contributed by atoms with Crippen LogP contribution >= 0.6 is 0 Å². The van der Waals surface area contributed by atoms with Gasteiger partial charge in [0.25, 0.3) is 0 Å². The van der Waals surface area contributed by atoms with Crippen molar-refractivity contribution in [2.75, 3.05) is 12.0 Å². The van der Waals surface area contributed by atoms with Crippen LogP contribution in [0.25, 0.3) is 0 Å². The average Bonchev–Trinajstić information content (AvgIpc) is 3.07. The predicted octanol–water partition coefficient (Wildman–Crippen LogP) is 4.21. The quantitative estimate of drug-likeness (QED) is 0.546. The van der Waals surface area contributed by atoms with Crippen molar-refractivity contribution < 1.29 is 17.6 Å². The van der Waals surface area contributed by atoms with Gasteiger partial charge in [-0.2, -0.15) is 0 Å². The van der Waals surface area contributed by atoms with Crippen molar-refractivity contribution in [1.29, 1.82) is 0 Å². The van der Waals surface area contributed by atoms with E-state index in [9.17, 15) is 8.42 Å². The SMILES string of the molecule is COc1cc(C)ccc1N1c2ccccc2S(=O)(=O)c2ccoc21. The lowest BCUT2D eigenvalue weighted by Gasteiger charge is -2.30. The summed E-state index contributed by atoms with van der Waals surface area (Å²) < 4.78 is 36.7. The highest BCUT2D eigenvalue weighted by atomic mass is 32.2. The molecule has 0 saturated heterocycles. The number of nitrogens with zero attached hydrogens (tertiary/aromatic N) is 1. The lowest BCUT2D eigenvalue weighted by molar-refractivity contribution is 0.415. The van der Waals surface area contributed by atoms with Crippen molar-refractivity contribution >= 4 is 27.1 Å². The average molecular weight is 341 g/mol. The fraction of sp³-hybridized carbons (Fsp3) is 0.111. The van der Waals surface area contributed by atoms with Crippen molar-refractivity contribution in [1.82, 2.24) is 0 Å². The number of aryl methyl sites for hydroxylation is 1. The van der Waals surface area contributed by atoms with Crippen molar-refractivity contribution in [3.05, 3.63) is 60.4 Å². The van der Waals surface area contributed by atoms with Crippen LogP contribution in [0.15, 0.2) is 69.0 Å². The molecule has 1 aromatic heterocycles. The first-order valence-electron chi connectivity index (χ1n) is 7.40. The minimum absolute atomic E-state index is 0.156. The number of fused-ring (bicyclic) bond motifs is 2. The number of anilines is 3. The molecule has 0 aliphatic carbocycles. The zero-order chi connectivity index (χ0) is 16.9. The van der Waals surface area contributed by atoms with Gasteiger partial charge in [-0.05, 0) is 42.8 Å². The number of benzene rings is 2. The summed E-state index contributed by atoms with van der Waals surface area (Å²) in [5.41, 5.74) is 2.32. The van der Waals surface area contributed by atoms with Crippen LogP contribution in [0, 0.1) is 6.92 Å². The molecule has 0 N–H and O–H groups in total. The molecule has 0 radical (unpaired) electrons. The number of rotatable bonds is 2. The molecule has 0 atom stereocenters. The maximum Gasteiger partial charge on any atom is 0.223 e. The van der Waals surface area contributed by atoms with E-state index in [0.29, 0.717) is 11.4 Å². The number of hydrogen-bond acceptors (Lipinski definition) is 5. The lowest BCUT2D eigenvalue weighted by Crippen LogP contribution is -2.21. The third-order valence-electron chi connectivity index (χ3n) is 4.07. The van der Waals surface area contributed by atoms with E-state index in [2.05, 4.69) is 0 Å². The van der Waals surface area contributed by atoms with Gasteiger partial charge >= 0.3 is 0 Å². The summed E-state index contributed by atoms with van der Waals surface area (Å²) in [6, 6.07) is 14.1. The van der Waals surface area contributed by atoms with Crippen molar-refractivity contribution in [3.63, 3.8) is 0 Å². The second-order valence-corrected chi connectivity index (χ2v) is 7.46. The van der Waals surface area contributed by atoms with Gasteiger partial charge < -0.3 is 9.15 Å². The number of para-hydroxylation sites is 1. The van der Waals surface area contributed by atoms with Crippen LogP contribution in [0.1, 0.15) is 5.56 Å². The van der Waals surface area contributed by atoms with Gasteiger partial charge in [-0.3, -0.25) is 4.90 Å². The lowest BCUT2D eigenvalue weighted by atomic mass is 10.1. The van der Waals surface area contributed by atoms with Gasteiger partial charge in [0.05, 0.1) is 29.6 Å². The Hall–Kier alpha value is -2.73. The fourth-order valence-corrected chi connectivity index (χ4v) is 4.50. The molecular weight excluding hydrogens is 326 g/mol. The summed E-state index contributed by atoms with van der Waals surface area (Å²) in [4.78, 5) is 2.19. The van der Waals surface area contributed by atoms with Gasteiger partial charge in [0, 0.05) is 0 Å². The monoisotopic (exact) mass is 341 g/mol. The number of furan rings is 1. The molecule has 0 unspecified atom stereocenters. The van der Waals surface area contributed by atoms with E-state index < -0.39 is 9.84 Å². The van der Waals surface area contributed by atoms with Gasteiger partial charge in [0.2, 0.25) is 15.7 Å². The molecule has 0 amide bonds. The van der Waals surface area contributed by atoms with Crippen molar-refractivity contribution in [2.24, 2.45) is 0 Å². The second kappa shape index (κ2) is 5.14. The van der Waals surface area contributed by atoms with Crippen LogP contribution in [0.5, 0.6) is 5.75 Å².